The third kappa shape index (κ3) is 4.65. The van der Waals surface area contributed by atoms with Crippen molar-refractivity contribution in [2.45, 2.75) is 44.2 Å². The molecule has 2 saturated heterocycles. The van der Waals surface area contributed by atoms with Crippen molar-refractivity contribution in [3.05, 3.63) is 52.6 Å². The van der Waals surface area contributed by atoms with E-state index in [9.17, 15) is 0 Å². The lowest BCUT2D eigenvalue weighted by Gasteiger charge is -2.25. The van der Waals surface area contributed by atoms with Crippen molar-refractivity contribution in [3.63, 3.8) is 0 Å². The molecule has 2 aliphatic heterocycles. The van der Waals surface area contributed by atoms with E-state index in [0.29, 0.717) is 12.4 Å². The average molecular weight is 614 g/mol. The molecule has 6 rings (SSSR count). The minimum absolute atomic E-state index is 0.304. The van der Waals surface area contributed by atoms with Crippen LogP contribution in [-0.4, -0.2) is 75.6 Å². The topological polar surface area (TPSA) is 96.1 Å². The number of hydrogen-bond donors (Lipinski definition) is 0. The van der Waals surface area contributed by atoms with E-state index in [1.54, 1.807) is 12.5 Å². The maximum atomic E-state index is 6.52. The number of halogens is 1. The second-order valence-electron chi connectivity index (χ2n) is 9.79. The Hall–Kier alpha value is -2.87. The van der Waals surface area contributed by atoms with Crippen LogP contribution in [0.1, 0.15) is 20.1 Å². The van der Waals surface area contributed by atoms with Crippen molar-refractivity contribution in [1.29, 1.82) is 0 Å². The summed E-state index contributed by atoms with van der Waals surface area (Å²) in [7, 11) is 3.83. The lowest BCUT2D eigenvalue weighted by Crippen LogP contribution is -2.34. The molecule has 192 valence electrons. The summed E-state index contributed by atoms with van der Waals surface area (Å²) in [5.74, 6) is 0.613. The van der Waals surface area contributed by atoms with Gasteiger partial charge in [0, 0.05) is 37.9 Å². The van der Waals surface area contributed by atoms with E-state index in [4.69, 9.17) is 18.9 Å². The minimum atomic E-state index is -0.740. The zero-order valence-electron chi connectivity index (χ0n) is 20.9. The fraction of sp³-hybridized carbons (Fsp3) is 0.385. The molecule has 10 nitrogen and oxygen atoms in total. The third-order valence-electron chi connectivity index (χ3n) is 6.36. The number of pyridine rings is 1. The predicted molar refractivity (Wildman–Crippen MR) is 147 cm³/mol. The quantitative estimate of drug-likeness (QED) is 0.180. The van der Waals surface area contributed by atoms with Crippen molar-refractivity contribution in [1.82, 2.24) is 24.4 Å². The molecule has 37 heavy (non-hydrogen) atoms. The van der Waals surface area contributed by atoms with E-state index < -0.39 is 12.0 Å². The number of hydrogen-bond acceptors (Lipinski definition) is 8. The Morgan fingerprint density at radius 1 is 1.16 bits per heavy atom. The van der Waals surface area contributed by atoms with E-state index in [-0.39, 0.29) is 18.3 Å². The Kier molecular flexibility index (Phi) is 6.25. The molecule has 0 unspecified atom stereocenters. The van der Waals surface area contributed by atoms with Crippen LogP contribution in [0.5, 0.6) is 5.75 Å². The van der Waals surface area contributed by atoms with Gasteiger partial charge in [-0.15, -0.1) is 0 Å². The molecule has 0 saturated carbocycles. The zero-order chi connectivity index (χ0) is 25.7. The molecule has 0 N–H and O–H groups in total. The summed E-state index contributed by atoms with van der Waals surface area (Å²) in [4.78, 5) is 19.7. The molecule has 1 aromatic carbocycles. The summed E-state index contributed by atoms with van der Waals surface area (Å²) in [5, 5.41) is 1.90. The largest absolute Gasteiger partial charge is 0.490 e. The molecule has 0 spiro atoms. The smallest absolute Gasteiger partial charge is 0.166 e. The molecule has 3 aromatic heterocycles. The van der Waals surface area contributed by atoms with Crippen molar-refractivity contribution in [2.75, 3.05) is 20.7 Å². The summed E-state index contributed by atoms with van der Waals surface area (Å²) in [6.45, 7) is 4.14. The standard InChI is InChI=1S/C26H27IN6O4/c1-26(2)36-21-20(12-34-19-11-18-15(10-17(19)27)6-5-8-28-18)35-25(22(21)37-26)33-9-7-16-23(31-14-32(3)4)29-13-30-24(16)33/h5-11,13-14,20-22,25H,12H2,1-4H3/t20-,21-,22-,25-/m1/s1. The maximum Gasteiger partial charge on any atom is 0.166 e. The first-order valence-electron chi connectivity index (χ1n) is 12.0. The zero-order valence-corrected chi connectivity index (χ0v) is 23.1. The highest BCUT2D eigenvalue weighted by Gasteiger charge is 2.56. The van der Waals surface area contributed by atoms with Crippen LogP contribution in [0.25, 0.3) is 21.9 Å². The minimum Gasteiger partial charge on any atom is -0.490 e. The molecule has 0 radical (unpaired) electrons. The van der Waals surface area contributed by atoms with Gasteiger partial charge in [0.05, 0.1) is 20.8 Å². The molecule has 4 atom stereocenters. The van der Waals surface area contributed by atoms with Gasteiger partial charge in [-0.2, -0.15) is 0 Å². The highest BCUT2D eigenvalue weighted by atomic mass is 127. The number of aromatic nitrogens is 4. The van der Waals surface area contributed by atoms with Crippen LogP contribution in [0.3, 0.4) is 0 Å². The van der Waals surface area contributed by atoms with Crippen LogP contribution in [-0.2, 0) is 14.2 Å². The van der Waals surface area contributed by atoms with Crippen LogP contribution < -0.4 is 4.74 Å². The van der Waals surface area contributed by atoms with Crippen LogP contribution >= 0.6 is 22.6 Å². The summed E-state index contributed by atoms with van der Waals surface area (Å²) in [6.07, 6.45) is 5.51. The highest BCUT2D eigenvalue weighted by Crippen LogP contribution is 2.44. The van der Waals surface area contributed by atoms with Crippen molar-refractivity contribution in [3.8, 4) is 5.75 Å². The van der Waals surface area contributed by atoms with E-state index in [1.165, 1.54) is 6.33 Å². The van der Waals surface area contributed by atoms with Crippen molar-refractivity contribution < 1.29 is 18.9 Å². The predicted octanol–water partition coefficient (Wildman–Crippen LogP) is 4.30. The van der Waals surface area contributed by atoms with Gasteiger partial charge in [0.2, 0.25) is 0 Å². The van der Waals surface area contributed by atoms with Gasteiger partial charge in [0.25, 0.3) is 0 Å². The van der Waals surface area contributed by atoms with E-state index in [2.05, 4.69) is 48.6 Å². The Labute approximate surface area is 227 Å². The Balaban J connectivity index is 1.28. The molecule has 11 heteroatoms. The molecule has 0 aliphatic carbocycles. The lowest BCUT2D eigenvalue weighted by molar-refractivity contribution is -0.198. The van der Waals surface area contributed by atoms with Crippen LogP contribution in [0.2, 0.25) is 0 Å². The molecule has 0 amide bonds. The van der Waals surface area contributed by atoms with E-state index in [0.717, 1.165) is 31.3 Å². The molecule has 0 bridgehead atoms. The molecular formula is C26H27IN6O4. The number of rotatable bonds is 6. The van der Waals surface area contributed by atoms with Gasteiger partial charge in [0.15, 0.2) is 17.8 Å². The van der Waals surface area contributed by atoms with Gasteiger partial charge in [0.1, 0.15) is 42.6 Å². The third-order valence-corrected chi connectivity index (χ3v) is 7.20. The average Bonchev–Trinajstić information content (AvgIpc) is 3.52. The summed E-state index contributed by atoms with van der Waals surface area (Å²) in [6, 6.07) is 9.95. The fourth-order valence-electron chi connectivity index (χ4n) is 4.81. The molecule has 2 fully saturated rings. The monoisotopic (exact) mass is 614 g/mol. The normalized spacial score (nSPS) is 24.8. The number of benzene rings is 1. The summed E-state index contributed by atoms with van der Waals surface area (Å²) < 4.78 is 28.4. The van der Waals surface area contributed by atoms with Gasteiger partial charge >= 0.3 is 0 Å². The first-order valence-corrected chi connectivity index (χ1v) is 13.1. The maximum absolute atomic E-state index is 6.52. The van der Waals surface area contributed by atoms with Crippen LogP contribution in [0, 0.1) is 3.57 Å². The van der Waals surface area contributed by atoms with Crippen LogP contribution in [0.15, 0.2) is 54.0 Å². The fourth-order valence-corrected chi connectivity index (χ4v) is 5.46. The molecule has 5 heterocycles. The second-order valence-corrected chi connectivity index (χ2v) is 10.9. The number of ether oxygens (including phenoxy) is 4. The number of fused-ring (bicyclic) bond motifs is 3. The van der Waals surface area contributed by atoms with Gasteiger partial charge in [-0.05, 0) is 54.6 Å². The van der Waals surface area contributed by atoms with E-state index in [1.807, 2.05) is 67.9 Å². The number of nitrogens with zero attached hydrogens (tertiary/aromatic N) is 6. The molecule has 4 aromatic rings. The first kappa shape index (κ1) is 24.5. The summed E-state index contributed by atoms with van der Waals surface area (Å²) in [5.41, 5.74) is 1.60. The van der Waals surface area contributed by atoms with Crippen molar-refractivity contribution >= 4 is 56.7 Å². The number of aliphatic imine (C=N–C) groups is 1. The second kappa shape index (κ2) is 9.46. The first-order chi connectivity index (χ1) is 17.8. The SMILES string of the molecule is CN(C)C=Nc1ncnc2c1ccn2[C@@H]1O[C@H](COc2cc3ncccc3cc2I)[C@H]2OC(C)(C)O[C@H]21. The Morgan fingerprint density at radius 3 is 2.84 bits per heavy atom. The van der Waals surface area contributed by atoms with Crippen LogP contribution in [0.4, 0.5) is 5.82 Å². The Bertz CT molecular complexity index is 1490. The van der Waals surface area contributed by atoms with Gasteiger partial charge in [-0.1, -0.05) is 6.07 Å². The van der Waals surface area contributed by atoms with Crippen molar-refractivity contribution in [2.24, 2.45) is 4.99 Å². The van der Waals surface area contributed by atoms with Gasteiger partial charge in [-0.25, -0.2) is 15.0 Å². The van der Waals surface area contributed by atoms with E-state index >= 15 is 0 Å². The summed E-state index contributed by atoms with van der Waals surface area (Å²) >= 11 is 2.28. The van der Waals surface area contributed by atoms with Gasteiger partial charge in [-0.3, -0.25) is 4.98 Å². The molecular weight excluding hydrogens is 587 g/mol. The molecule has 2 aliphatic rings. The lowest BCUT2D eigenvalue weighted by atomic mass is 10.1. The Morgan fingerprint density at radius 2 is 2.00 bits per heavy atom. The highest BCUT2D eigenvalue weighted by molar-refractivity contribution is 14.1. The van der Waals surface area contributed by atoms with Gasteiger partial charge < -0.3 is 28.4 Å².